The second kappa shape index (κ2) is 22.9. The van der Waals surface area contributed by atoms with Gasteiger partial charge in [-0.1, -0.05) is 79.7 Å². The number of aliphatic hydroxyl groups is 2. The van der Waals surface area contributed by atoms with Gasteiger partial charge in [0.1, 0.15) is 48.1 Å². The maximum absolute atomic E-state index is 15.9. The van der Waals surface area contributed by atoms with Crippen molar-refractivity contribution in [2.75, 3.05) is 44.9 Å². The molecule has 0 spiro atoms. The van der Waals surface area contributed by atoms with Crippen LogP contribution in [0.4, 0.5) is 32.2 Å². The zero-order valence-corrected chi connectivity index (χ0v) is 45.7. The summed E-state index contributed by atoms with van der Waals surface area (Å²) >= 11 is 0. The van der Waals surface area contributed by atoms with E-state index in [1.807, 2.05) is 4.90 Å². The summed E-state index contributed by atoms with van der Waals surface area (Å²) in [6.07, 6.45) is -2.85. The van der Waals surface area contributed by atoms with Crippen LogP contribution in [-0.4, -0.2) is 132 Å². The van der Waals surface area contributed by atoms with Crippen molar-refractivity contribution in [1.29, 1.82) is 0 Å². The highest BCUT2D eigenvalue weighted by Crippen LogP contribution is 2.51. The van der Waals surface area contributed by atoms with Gasteiger partial charge in [0.2, 0.25) is 11.8 Å². The molecule has 3 aliphatic rings. The van der Waals surface area contributed by atoms with Crippen LogP contribution in [0.15, 0.2) is 91.3 Å². The Labute approximate surface area is 471 Å². The van der Waals surface area contributed by atoms with Crippen LogP contribution in [0, 0.1) is 30.3 Å². The van der Waals surface area contributed by atoms with E-state index >= 15 is 17.6 Å². The van der Waals surface area contributed by atoms with Gasteiger partial charge in [0.25, 0.3) is 0 Å². The summed E-state index contributed by atoms with van der Waals surface area (Å²) in [5, 5.41) is 43.2. The van der Waals surface area contributed by atoms with Crippen molar-refractivity contribution in [3.05, 3.63) is 131 Å². The van der Waals surface area contributed by atoms with Gasteiger partial charge in [0.15, 0.2) is 17.4 Å². The van der Waals surface area contributed by atoms with Crippen molar-refractivity contribution in [1.82, 2.24) is 50.7 Å². The van der Waals surface area contributed by atoms with Gasteiger partial charge in [-0.3, -0.25) is 14.7 Å². The zero-order valence-electron chi connectivity index (χ0n) is 45.7. The van der Waals surface area contributed by atoms with Crippen molar-refractivity contribution in [3.63, 3.8) is 0 Å². The van der Waals surface area contributed by atoms with Crippen molar-refractivity contribution in [2.45, 2.75) is 95.7 Å². The van der Waals surface area contributed by atoms with Crippen LogP contribution >= 0.6 is 0 Å². The number of hydrogen-bond acceptors (Lipinski definition) is 14. The monoisotopic (exact) mass is 1150 g/mol. The predicted molar refractivity (Wildman–Crippen MR) is 293 cm³/mol. The minimum Gasteiger partial charge on any atom is -0.486 e. The minimum absolute atomic E-state index is 0.00599. The van der Waals surface area contributed by atoms with Gasteiger partial charge in [-0.2, -0.15) is 28.2 Å². The Bertz CT molecular complexity index is 3730. The number of methoxy groups -OCH3 is 1. The van der Waals surface area contributed by atoms with Crippen molar-refractivity contribution >= 4 is 39.4 Å². The predicted octanol–water partition coefficient (Wildman–Crippen LogP) is 8.40. The normalized spacial score (nSPS) is 19.1. The molecule has 7 atom stereocenters. The maximum Gasteiger partial charge on any atom is 0.417 e. The molecule has 3 aromatic heterocycles. The first-order valence-corrected chi connectivity index (χ1v) is 27.1. The summed E-state index contributed by atoms with van der Waals surface area (Å²) in [5.74, 6) is -4.39. The van der Waals surface area contributed by atoms with E-state index in [9.17, 15) is 28.6 Å². The first-order valence-electron chi connectivity index (χ1n) is 27.1. The Hall–Kier alpha value is -8.19. The van der Waals surface area contributed by atoms with Gasteiger partial charge in [-0.05, 0) is 66.6 Å². The van der Waals surface area contributed by atoms with Gasteiger partial charge >= 0.3 is 12.2 Å². The van der Waals surface area contributed by atoms with Gasteiger partial charge < -0.3 is 44.9 Å². The second-order valence-corrected chi connectivity index (χ2v) is 21.7. The first-order chi connectivity index (χ1) is 39.8. The molecule has 5 aromatic carbocycles. The third-order valence-electron chi connectivity index (χ3n) is 15.8. The standard InChI is InChI=1S/C59H59F6N11O7/c1-29(2)53(57(80)75-24-38(78)18-48(75)56(79)68-47(26-77)35-15-13-33(14-16-35)39-7-6-8-43(60)51(39)62)76-25-46(72-73-76)34-11-9-32(10-12-34)28-82-54-50(49-31(4)44(61)20-45-41(49)22-67-71-45)42(59(63,64)65)19-40-52(54)69-58(83-27-30(3)81-5)70-55(40)74-23-36-17-37(74)21-66-36/h6-16,19-20,22,25,29-30,36-38,47-48,53,66,77-78H,17-18,21,23-24,26-28H2,1-5H3,(H,67,71)(H,68,79)/t30-,36-,37-,38+,47-,48-,53-/m0/s1. The number of fused-ring (bicyclic) bond motifs is 4. The lowest BCUT2D eigenvalue weighted by Crippen LogP contribution is -2.50. The Morgan fingerprint density at radius 1 is 0.904 bits per heavy atom. The second-order valence-electron chi connectivity index (χ2n) is 21.7. The number of alkyl halides is 3. The molecule has 3 fully saturated rings. The maximum atomic E-state index is 15.9. The number of carbonyl (C=O) groups is 2. The highest BCUT2D eigenvalue weighted by molar-refractivity contribution is 6.06. The number of carbonyl (C=O) groups excluding carboxylic acids is 2. The fourth-order valence-corrected chi connectivity index (χ4v) is 11.4. The molecule has 8 aromatic rings. The van der Waals surface area contributed by atoms with Crippen LogP contribution in [-0.2, 0) is 27.1 Å². The van der Waals surface area contributed by atoms with Crippen LogP contribution in [0.5, 0.6) is 11.8 Å². The number of benzene rings is 5. The molecule has 11 rings (SSSR count). The van der Waals surface area contributed by atoms with Gasteiger partial charge in [-0.15, -0.1) is 5.10 Å². The average Bonchev–Trinajstić information content (AvgIpc) is 3.56. The molecule has 2 amide bonds. The van der Waals surface area contributed by atoms with Gasteiger partial charge in [0, 0.05) is 78.3 Å². The molecule has 0 saturated carbocycles. The van der Waals surface area contributed by atoms with Crippen LogP contribution in [0.3, 0.4) is 0 Å². The van der Waals surface area contributed by atoms with E-state index in [0.29, 0.717) is 41.0 Å². The summed E-state index contributed by atoms with van der Waals surface area (Å²) < 4.78 is 111. The molecule has 5 N–H and O–H groups in total. The number of rotatable bonds is 18. The highest BCUT2D eigenvalue weighted by Gasteiger charge is 2.45. The van der Waals surface area contributed by atoms with E-state index in [0.717, 1.165) is 18.6 Å². The third kappa shape index (κ3) is 11.0. The Morgan fingerprint density at radius 2 is 1.66 bits per heavy atom. The van der Waals surface area contributed by atoms with Gasteiger partial charge in [0.05, 0.1) is 48.3 Å². The van der Waals surface area contributed by atoms with Gasteiger partial charge in [-0.25, -0.2) is 17.9 Å². The lowest BCUT2D eigenvalue weighted by atomic mass is 9.90. The number of nitrogens with zero attached hydrogens (tertiary/aromatic N) is 8. The number of likely N-dealkylation sites (tertiary alicyclic amines) is 1. The number of nitrogens with one attached hydrogen (secondary N) is 3. The molecule has 0 unspecified atom stereocenters. The van der Waals surface area contributed by atoms with E-state index in [2.05, 4.69) is 31.1 Å². The molecule has 6 heterocycles. The topological polar surface area (TPSA) is 218 Å². The molecular weight excluding hydrogens is 1090 g/mol. The summed E-state index contributed by atoms with van der Waals surface area (Å²) in [6.45, 7) is 6.86. The zero-order chi connectivity index (χ0) is 58.6. The molecule has 24 heteroatoms. The number of anilines is 1. The number of hydrogen-bond donors (Lipinski definition) is 5. The summed E-state index contributed by atoms with van der Waals surface area (Å²) in [6, 6.07) is 15.8. The van der Waals surface area contributed by atoms with E-state index < -0.39 is 89.4 Å². The number of halogens is 6. The van der Waals surface area contributed by atoms with E-state index in [-0.39, 0.29) is 94.3 Å². The third-order valence-corrected chi connectivity index (χ3v) is 15.8. The average molecular weight is 1150 g/mol. The molecule has 2 bridgehead atoms. The Balaban J connectivity index is 0.874. The number of piperazine rings is 1. The number of ether oxygens (including phenoxy) is 3. The van der Waals surface area contributed by atoms with Crippen LogP contribution < -0.4 is 25.0 Å². The quantitative estimate of drug-likeness (QED) is 0.0510. The first kappa shape index (κ1) is 56.7. The van der Waals surface area contributed by atoms with Crippen molar-refractivity contribution in [2.24, 2.45) is 5.92 Å². The molecule has 83 heavy (non-hydrogen) atoms. The lowest BCUT2D eigenvalue weighted by Gasteiger charge is -2.30. The number of amides is 2. The summed E-state index contributed by atoms with van der Waals surface area (Å²) in [5.41, 5.74) is 0.747. The van der Waals surface area contributed by atoms with E-state index in [1.165, 1.54) is 60.1 Å². The van der Waals surface area contributed by atoms with Crippen LogP contribution in [0.1, 0.15) is 68.0 Å². The van der Waals surface area contributed by atoms with E-state index in [4.69, 9.17) is 24.2 Å². The molecule has 434 valence electrons. The lowest BCUT2D eigenvalue weighted by molar-refractivity contribution is -0.142. The number of H-pyrrole nitrogens is 1. The molecule has 0 radical (unpaired) electrons. The highest BCUT2D eigenvalue weighted by atomic mass is 19.4. The van der Waals surface area contributed by atoms with E-state index in [1.54, 1.807) is 63.4 Å². The van der Waals surface area contributed by atoms with Crippen LogP contribution in [0.25, 0.3) is 55.3 Å². The molecular formula is C59H59F6N11O7. The Kier molecular flexibility index (Phi) is 15.6. The number of aromatic amines is 1. The largest absolute Gasteiger partial charge is 0.486 e. The Morgan fingerprint density at radius 3 is 2.35 bits per heavy atom. The molecule has 3 saturated heterocycles. The molecule has 18 nitrogen and oxygen atoms in total. The fourth-order valence-electron chi connectivity index (χ4n) is 11.4. The molecule has 3 aliphatic heterocycles. The number of aliphatic hydroxyl groups excluding tert-OH is 2. The summed E-state index contributed by atoms with van der Waals surface area (Å²) in [4.78, 5) is 41.2. The smallest absolute Gasteiger partial charge is 0.417 e. The number of β-amino-alcohol motifs (C(OH)–C–C–N with tert-alkyl or cyclic N) is 1. The SMILES string of the molecule is CO[C@@H](C)COc1nc(N2C[C@@H]3C[C@H]2CN3)c2cc(C(F)(F)F)c(-c3c(C)c(F)cc4[nH]ncc34)c(OCc3ccc(-c4cn([C@H](C(=O)N5C[C@H](O)C[C@H]5C(=O)N[C@@H](CO)c5ccc(-c6cccc(F)c6F)cc5)C(C)C)nn4)cc3)c2n1. The fraction of sp³-hybridized carbons (Fsp3) is 0.373. The number of aromatic nitrogens is 7. The van der Waals surface area contributed by atoms with Crippen molar-refractivity contribution in [3.8, 4) is 45.3 Å². The minimum atomic E-state index is -5.00. The molecule has 0 aliphatic carbocycles. The summed E-state index contributed by atoms with van der Waals surface area (Å²) in [7, 11) is 1.51. The van der Waals surface area contributed by atoms with Crippen LogP contribution in [0.2, 0.25) is 0 Å². The van der Waals surface area contributed by atoms with Crippen molar-refractivity contribution < 1.29 is 60.4 Å².